The molecule has 0 radical (unpaired) electrons. The van der Waals surface area contributed by atoms with Crippen molar-refractivity contribution in [2.45, 2.75) is 297 Å². The predicted molar refractivity (Wildman–Crippen MR) is 261 cm³/mol. The predicted octanol–water partition coefficient (Wildman–Crippen LogP) is 18.0. The van der Waals surface area contributed by atoms with Gasteiger partial charge in [0.15, 0.2) is 6.10 Å². The summed E-state index contributed by atoms with van der Waals surface area (Å²) in [4.78, 5) is 25.4. The standard InChI is InChI=1S/C55H104O5/c1-4-7-10-13-16-19-22-24-26-27-28-29-31-32-34-36-39-42-45-48-54(56)59-52-53(51-58-50-47-44-41-38-21-18-15-12-9-6-3)60-55(57)49-46-43-40-37-35-33-30-25-23-20-17-14-11-8-5-2/h24-26,30,53H,4-23,27-29,31-52H2,1-3H3/b26-24-,30-25-. The molecule has 0 N–H and O–H groups in total. The number of unbranched alkanes of at least 4 members (excludes halogenated alkanes) is 35. The zero-order chi connectivity index (χ0) is 43.5. The molecular formula is C55H104O5. The second-order valence-electron chi connectivity index (χ2n) is 18.1. The van der Waals surface area contributed by atoms with Gasteiger partial charge in [0, 0.05) is 19.4 Å². The molecule has 0 saturated carbocycles. The summed E-state index contributed by atoms with van der Waals surface area (Å²) in [5.41, 5.74) is 0. The van der Waals surface area contributed by atoms with Crippen molar-refractivity contribution >= 4 is 11.9 Å². The van der Waals surface area contributed by atoms with Crippen molar-refractivity contribution in [1.82, 2.24) is 0 Å². The summed E-state index contributed by atoms with van der Waals surface area (Å²) < 4.78 is 17.4. The summed E-state index contributed by atoms with van der Waals surface area (Å²) in [7, 11) is 0. The van der Waals surface area contributed by atoms with Gasteiger partial charge in [-0.2, -0.15) is 0 Å². The lowest BCUT2D eigenvalue weighted by atomic mass is 10.1. The van der Waals surface area contributed by atoms with Gasteiger partial charge in [0.2, 0.25) is 0 Å². The third kappa shape index (κ3) is 49.0. The van der Waals surface area contributed by atoms with Crippen molar-refractivity contribution in [3.8, 4) is 0 Å². The topological polar surface area (TPSA) is 61.8 Å². The van der Waals surface area contributed by atoms with Crippen molar-refractivity contribution in [3.05, 3.63) is 24.3 Å². The maximum absolute atomic E-state index is 12.8. The third-order valence-electron chi connectivity index (χ3n) is 12.0. The number of hydrogen-bond donors (Lipinski definition) is 0. The molecule has 1 unspecified atom stereocenters. The summed E-state index contributed by atoms with van der Waals surface area (Å²) in [5, 5.41) is 0. The zero-order valence-corrected chi connectivity index (χ0v) is 40.7. The smallest absolute Gasteiger partial charge is 0.306 e. The molecule has 0 spiro atoms. The first-order valence-electron chi connectivity index (χ1n) is 26.9. The first-order valence-corrected chi connectivity index (χ1v) is 26.9. The van der Waals surface area contributed by atoms with Crippen molar-refractivity contribution in [2.24, 2.45) is 0 Å². The minimum atomic E-state index is -0.533. The molecule has 0 aromatic rings. The lowest BCUT2D eigenvalue weighted by Gasteiger charge is -2.18. The van der Waals surface area contributed by atoms with E-state index in [1.807, 2.05) is 0 Å². The molecule has 0 aliphatic heterocycles. The highest BCUT2D eigenvalue weighted by atomic mass is 16.6. The molecule has 5 nitrogen and oxygen atoms in total. The quantitative estimate of drug-likeness (QED) is 0.0347. The van der Waals surface area contributed by atoms with E-state index < -0.39 is 6.10 Å². The van der Waals surface area contributed by atoms with Crippen LogP contribution in [0.15, 0.2) is 24.3 Å². The van der Waals surface area contributed by atoms with E-state index in [1.165, 1.54) is 212 Å². The van der Waals surface area contributed by atoms with Crippen molar-refractivity contribution in [3.63, 3.8) is 0 Å². The molecule has 0 heterocycles. The molecule has 0 bridgehead atoms. The van der Waals surface area contributed by atoms with E-state index in [0.29, 0.717) is 26.1 Å². The fourth-order valence-corrected chi connectivity index (χ4v) is 7.91. The van der Waals surface area contributed by atoms with Gasteiger partial charge in [-0.3, -0.25) is 9.59 Å². The molecule has 0 aliphatic rings. The summed E-state index contributed by atoms with van der Waals surface area (Å²) in [6.07, 6.45) is 60.4. The van der Waals surface area contributed by atoms with Crippen LogP contribution in [0.25, 0.3) is 0 Å². The summed E-state index contributed by atoms with van der Waals surface area (Å²) in [5.74, 6) is -0.393. The van der Waals surface area contributed by atoms with E-state index in [0.717, 1.165) is 44.9 Å². The van der Waals surface area contributed by atoms with Crippen LogP contribution in [0.1, 0.15) is 290 Å². The fourth-order valence-electron chi connectivity index (χ4n) is 7.91. The van der Waals surface area contributed by atoms with Gasteiger partial charge >= 0.3 is 11.9 Å². The summed E-state index contributed by atoms with van der Waals surface area (Å²) >= 11 is 0. The van der Waals surface area contributed by atoms with Gasteiger partial charge in [-0.15, -0.1) is 0 Å². The molecule has 354 valence electrons. The Hall–Kier alpha value is -1.62. The Labute approximate surface area is 375 Å². The highest BCUT2D eigenvalue weighted by molar-refractivity contribution is 5.70. The molecular weight excluding hydrogens is 741 g/mol. The van der Waals surface area contributed by atoms with Crippen molar-refractivity contribution < 1.29 is 23.8 Å². The van der Waals surface area contributed by atoms with Gasteiger partial charge in [-0.25, -0.2) is 0 Å². The van der Waals surface area contributed by atoms with Gasteiger partial charge in [0.25, 0.3) is 0 Å². The number of allylic oxidation sites excluding steroid dienone is 4. The molecule has 5 heteroatoms. The van der Waals surface area contributed by atoms with Crippen LogP contribution < -0.4 is 0 Å². The van der Waals surface area contributed by atoms with Crippen molar-refractivity contribution in [2.75, 3.05) is 19.8 Å². The second-order valence-corrected chi connectivity index (χ2v) is 18.1. The molecule has 1 atom stereocenters. The zero-order valence-electron chi connectivity index (χ0n) is 40.7. The maximum Gasteiger partial charge on any atom is 0.306 e. The van der Waals surface area contributed by atoms with E-state index in [1.54, 1.807) is 0 Å². The Morgan fingerprint density at radius 2 is 0.650 bits per heavy atom. The molecule has 0 aromatic carbocycles. The minimum absolute atomic E-state index is 0.0872. The number of ether oxygens (including phenoxy) is 3. The first-order chi connectivity index (χ1) is 29.6. The minimum Gasteiger partial charge on any atom is -0.462 e. The molecule has 0 aromatic heterocycles. The van der Waals surface area contributed by atoms with Gasteiger partial charge in [-0.1, -0.05) is 231 Å². The lowest BCUT2D eigenvalue weighted by Crippen LogP contribution is -2.30. The number of esters is 2. The van der Waals surface area contributed by atoms with E-state index in [-0.39, 0.29) is 18.5 Å². The lowest BCUT2D eigenvalue weighted by molar-refractivity contribution is -0.163. The second kappa shape index (κ2) is 51.7. The Morgan fingerprint density at radius 3 is 1.02 bits per heavy atom. The average molecular weight is 845 g/mol. The Morgan fingerprint density at radius 1 is 0.350 bits per heavy atom. The Kier molecular flexibility index (Phi) is 50.3. The van der Waals surface area contributed by atoms with Crippen LogP contribution in [0, 0.1) is 0 Å². The van der Waals surface area contributed by atoms with Gasteiger partial charge in [0.1, 0.15) is 6.61 Å². The molecule has 0 fully saturated rings. The number of hydrogen-bond acceptors (Lipinski definition) is 5. The molecule has 0 aliphatic carbocycles. The highest BCUT2D eigenvalue weighted by Gasteiger charge is 2.17. The van der Waals surface area contributed by atoms with Crippen molar-refractivity contribution in [1.29, 1.82) is 0 Å². The van der Waals surface area contributed by atoms with Crippen LogP contribution in [0.4, 0.5) is 0 Å². The van der Waals surface area contributed by atoms with Crippen LogP contribution >= 0.6 is 0 Å². The molecule has 0 rings (SSSR count). The van der Waals surface area contributed by atoms with Crippen LogP contribution in [0.2, 0.25) is 0 Å². The van der Waals surface area contributed by atoms with Gasteiger partial charge < -0.3 is 14.2 Å². The van der Waals surface area contributed by atoms with E-state index >= 15 is 0 Å². The van der Waals surface area contributed by atoms with E-state index in [4.69, 9.17) is 14.2 Å². The Balaban J connectivity index is 4.16. The summed E-state index contributed by atoms with van der Waals surface area (Å²) in [6, 6.07) is 0. The number of carbonyl (C=O) groups excluding carboxylic acids is 2. The SMILES string of the molecule is CCCCCCCC/C=C\CCCCCCCCCCCC(=O)OCC(COCCCCCCCCCCCC)OC(=O)CCCCCCC/C=C\CCCCCCCC. The van der Waals surface area contributed by atoms with Gasteiger partial charge in [0.05, 0.1) is 6.61 Å². The molecule has 0 saturated heterocycles. The average Bonchev–Trinajstić information content (AvgIpc) is 3.25. The number of carbonyl (C=O) groups is 2. The number of rotatable bonds is 50. The normalized spacial score (nSPS) is 12.2. The fraction of sp³-hybridized carbons (Fsp3) is 0.891. The highest BCUT2D eigenvalue weighted by Crippen LogP contribution is 2.15. The molecule has 0 amide bonds. The van der Waals surface area contributed by atoms with E-state index in [2.05, 4.69) is 45.1 Å². The third-order valence-corrected chi connectivity index (χ3v) is 12.0. The van der Waals surface area contributed by atoms with Crippen LogP contribution in [-0.4, -0.2) is 37.9 Å². The summed E-state index contributed by atoms with van der Waals surface area (Å²) in [6.45, 7) is 7.85. The van der Waals surface area contributed by atoms with Gasteiger partial charge in [-0.05, 0) is 70.6 Å². The molecule has 60 heavy (non-hydrogen) atoms. The first kappa shape index (κ1) is 58.4. The Bertz CT molecular complexity index is 913. The maximum atomic E-state index is 12.8. The largest absolute Gasteiger partial charge is 0.462 e. The van der Waals surface area contributed by atoms with Crippen LogP contribution in [-0.2, 0) is 23.8 Å². The monoisotopic (exact) mass is 845 g/mol. The van der Waals surface area contributed by atoms with E-state index in [9.17, 15) is 9.59 Å². The van der Waals surface area contributed by atoms with Crippen LogP contribution in [0.3, 0.4) is 0 Å². The van der Waals surface area contributed by atoms with Crippen LogP contribution in [0.5, 0.6) is 0 Å².